The quantitative estimate of drug-likeness (QED) is 0.623. The van der Waals surface area contributed by atoms with E-state index in [4.69, 9.17) is 34.8 Å². The van der Waals surface area contributed by atoms with Crippen LogP contribution in [0.15, 0.2) is 42.5 Å². The van der Waals surface area contributed by atoms with Crippen LogP contribution >= 0.6 is 34.8 Å². The van der Waals surface area contributed by atoms with Crippen LogP contribution in [-0.4, -0.2) is 15.6 Å². The first-order valence-corrected chi connectivity index (χ1v) is 6.68. The van der Waals surface area contributed by atoms with Crippen molar-refractivity contribution in [3.63, 3.8) is 0 Å². The predicted octanol–water partition coefficient (Wildman–Crippen LogP) is 2.97. The second-order valence-corrected chi connectivity index (χ2v) is 6.21. The van der Waals surface area contributed by atoms with E-state index in [1.807, 2.05) is 24.3 Å². The Morgan fingerprint density at radius 1 is 0.900 bits per heavy atom. The van der Waals surface area contributed by atoms with Crippen LogP contribution in [0.1, 0.15) is 10.4 Å². The standard InChI is InChI=1S/C13H9Cl3N2O2/c14-13(15,16)12(20)18-17-11(19)10-7-3-5-8-4-1-2-6-9(8)10/h1-7H,(H,17,19)(H,18,20). The molecule has 0 radical (unpaired) electrons. The molecule has 0 saturated carbocycles. The number of rotatable bonds is 1. The highest BCUT2D eigenvalue weighted by Crippen LogP contribution is 2.25. The number of hydrazine groups is 1. The number of hydrogen-bond acceptors (Lipinski definition) is 2. The smallest absolute Gasteiger partial charge is 0.268 e. The van der Waals surface area contributed by atoms with Gasteiger partial charge in [-0.2, -0.15) is 0 Å². The van der Waals surface area contributed by atoms with Gasteiger partial charge in [-0.15, -0.1) is 0 Å². The molecule has 0 spiro atoms. The number of carbonyl (C=O) groups excluding carboxylic acids is 2. The number of halogens is 3. The lowest BCUT2D eigenvalue weighted by molar-refractivity contribution is -0.120. The lowest BCUT2D eigenvalue weighted by Crippen LogP contribution is -2.46. The number of alkyl halides is 3. The fourth-order valence-corrected chi connectivity index (χ4v) is 1.82. The Hall–Kier alpha value is -1.49. The lowest BCUT2D eigenvalue weighted by Gasteiger charge is -2.13. The van der Waals surface area contributed by atoms with Gasteiger partial charge in [-0.3, -0.25) is 20.4 Å². The van der Waals surface area contributed by atoms with Crippen molar-refractivity contribution in [1.29, 1.82) is 0 Å². The molecule has 0 atom stereocenters. The minimum absolute atomic E-state index is 0.410. The molecule has 0 heterocycles. The summed E-state index contributed by atoms with van der Waals surface area (Å²) in [6.07, 6.45) is 0. The Morgan fingerprint density at radius 3 is 2.25 bits per heavy atom. The summed E-state index contributed by atoms with van der Waals surface area (Å²) in [6.45, 7) is 0. The lowest BCUT2D eigenvalue weighted by atomic mass is 10.0. The summed E-state index contributed by atoms with van der Waals surface area (Å²) in [6, 6.07) is 12.6. The molecule has 2 amide bonds. The third-order valence-corrected chi connectivity index (χ3v) is 3.10. The van der Waals surface area contributed by atoms with Crippen LogP contribution in [0, 0.1) is 0 Å². The predicted molar refractivity (Wildman–Crippen MR) is 79.8 cm³/mol. The maximum Gasteiger partial charge on any atom is 0.290 e. The highest BCUT2D eigenvalue weighted by molar-refractivity contribution is 6.76. The molecule has 4 nitrogen and oxygen atoms in total. The van der Waals surface area contributed by atoms with Gasteiger partial charge in [0.25, 0.3) is 15.6 Å². The van der Waals surface area contributed by atoms with Crippen molar-refractivity contribution in [2.24, 2.45) is 0 Å². The van der Waals surface area contributed by atoms with Crippen molar-refractivity contribution < 1.29 is 9.59 Å². The summed E-state index contributed by atoms with van der Waals surface area (Å²) >= 11 is 16.1. The number of amides is 2. The molecule has 0 bridgehead atoms. The van der Waals surface area contributed by atoms with E-state index in [0.717, 1.165) is 10.8 Å². The molecule has 0 aliphatic carbocycles. The maximum absolute atomic E-state index is 12.0. The minimum atomic E-state index is -2.13. The van der Waals surface area contributed by atoms with Gasteiger partial charge < -0.3 is 0 Å². The van der Waals surface area contributed by atoms with Crippen LogP contribution in [-0.2, 0) is 4.79 Å². The molecule has 104 valence electrons. The molecule has 2 aromatic rings. The van der Waals surface area contributed by atoms with Crippen LogP contribution in [0.4, 0.5) is 0 Å². The first-order chi connectivity index (χ1) is 9.39. The zero-order valence-electron chi connectivity index (χ0n) is 9.99. The largest absolute Gasteiger partial charge is 0.290 e. The fraction of sp³-hybridized carbons (Fsp3) is 0.0769. The van der Waals surface area contributed by atoms with Gasteiger partial charge in [0.1, 0.15) is 0 Å². The van der Waals surface area contributed by atoms with E-state index < -0.39 is 15.6 Å². The Morgan fingerprint density at radius 2 is 1.55 bits per heavy atom. The zero-order chi connectivity index (χ0) is 14.8. The first kappa shape index (κ1) is 14.9. The van der Waals surface area contributed by atoms with Crippen molar-refractivity contribution in [3.8, 4) is 0 Å². The van der Waals surface area contributed by atoms with Crippen molar-refractivity contribution >= 4 is 57.4 Å². The third-order valence-electron chi connectivity index (χ3n) is 2.58. The molecular formula is C13H9Cl3N2O2. The summed E-state index contributed by atoms with van der Waals surface area (Å²) in [4.78, 5) is 23.4. The molecule has 20 heavy (non-hydrogen) atoms. The Balaban J connectivity index is 2.18. The van der Waals surface area contributed by atoms with Crippen LogP contribution in [0.3, 0.4) is 0 Å². The average Bonchev–Trinajstić information content (AvgIpc) is 2.42. The van der Waals surface area contributed by atoms with Gasteiger partial charge >= 0.3 is 0 Å². The van der Waals surface area contributed by atoms with Crippen LogP contribution in [0.5, 0.6) is 0 Å². The molecule has 0 fully saturated rings. The summed E-state index contributed by atoms with van der Waals surface area (Å²) < 4.78 is -2.13. The minimum Gasteiger partial charge on any atom is -0.268 e. The second kappa shape index (κ2) is 5.87. The second-order valence-electron chi connectivity index (χ2n) is 3.93. The van der Waals surface area contributed by atoms with E-state index in [1.54, 1.807) is 18.2 Å². The van der Waals surface area contributed by atoms with E-state index >= 15 is 0 Å². The van der Waals surface area contributed by atoms with Crippen molar-refractivity contribution in [2.75, 3.05) is 0 Å². The summed E-state index contributed by atoms with van der Waals surface area (Å²) in [5, 5.41) is 1.67. The summed E-state index contributed by atoms with van der Waals surface area (Å²) in [5.41, 5.74) is 4.67. The maximum atomic E-state index is 12.0. The molecule has 2 aromatic carbocycles. The number of nitrogens with one attached hydrogen (secondary N) is 2. The van der Waals surface area contributed by atoms with Crippen molar-refractivity contribution in [2.45, 2.75) is 3.79 Å². The molecule has 0 aromatic heterocycles. The van der Waals surface area contributed by atoms with Gasteiger partial charge in [-0.25, -0.2) is 0 Å². The van der Waals surface area contributed by atoms with Gasteiger partial charge in [0.15, 0.2) is 0 Å². The number of carbonyl (C=O) groups is 2. The SMILES string of the molecule is O=C(NNC(=O)C(Cl)(Cl)Cl)c1cccc2ccccc12. The molecule has 0 aliphatic rings. The van der Waals surface area contributed by atoms with Crippen LogP contribution < -0.4 is 10.9 Å². The van der Waals surface area contributed by atoms with E-state index in [1.165, 1.54) is 0 Å². The van der Waals surface area contributed by atoms with Crippen molar-refractivity contribution in [1.82, 2.24) is 10.9 Å². The van der Waals surface area contributed by atoms with Gasteiger partial charge in [-0.1, -0.05) is 71.2 Å². The number of benzene rings is 2. The molecule has 2 rings (SSSR count). The van der Waals surface area contributed by atoms with Crippen molar-refractivity contribution in [3.05, 3.63) is 48.0 Å². The zero-order valence-corrected chi connectivity index (χ0v) is 12.3. The fourth-order valence-electron chi connectivity index (χ4n) is 1.68. The van der Waals surface area contributed by atoms with Gasteiger partial charge in [0.05, 0.1) is 0 Å². The molecule has 0 aliphatic heterocycles. The molecule has 2 N–H and O–H groups in total. The summed E-state index contributed by atoms with van der Waals surface area (Å²) in [7, 11) is 0. The first-order valence-electron chi connectivity index (χ1n) is 5.55. The van der Waals surface area contributed by atoms with E-state index in [9.17, 15) is 9.59 Å². The van der Waals surface area contributed by atoms with Crippen LogP contribution in [0.2, 0.25) is 0 Å². The van der Waals surface area contributed by atoms with Gasteiger partial charge in [0.2, 0.25) is 0 Å². The highest BCUT2D eigenvalue weighted by Gasteiger charge is 2.30. The number of fused-ring (bicyclic) bond motifs is 1. The van der Waals surface area contributed by atoms with E-state index in [-0.39, 0.29) is 0 Å². The Kier molecular flexibility index (Phi) is 4.38. The van der Waals surface area contributed by atoms with Gasteiger partial charge in [0, 0.05) is 5.56 Å². The monoisotopic (exact) mass is 330 g/mol. The topological polar surface area (TPSA) is 58.2 Å². The van der Waals surface area contributed by atoms with E-state index in [0.29, 0.717) is 5.56 Å². The van der Waals surface area contributed by atoms with Gasteiger partial charge in [-0.05, 0) is 16.8 Å². The normalized spacial score (nSPS) is 11.2. The molecule has 0 unspecified atom stereocenters. The molecular weight excluding hydrogens is 323 g/mol. The average molecular weight is 332 g/mol. The number of hydrogen-bond donors (Lipinski definition) is 2. The summed E-state index contributed by atoms with van der Waals surface area (Å²) in [5.74, 6) is -1.43. The Labute approximate surface area is 130 Å². The highest BCUT2D eigenvalue weighted by atomic mass is 35.6. The third kappa shape index (κ3) is 3.33. The van der Waals surface area contributed by atoms with Crippen LogP contribution in [0.25, 0.3) is 10.8 Å². The Bertz CT molecular complexity index is 663. The molecule has 7 heteroatoms. The van der Waals surface area contributed by atoms with E-state index in [2.05, 4.69) is 10.9 Å². The molecule has 0 saturated heterocycles.